The Bertz CT molecular complexity index is 699. The van der Waals surface area contributed by atoms with Crippen molar-refractivity contribution < 1.29 is 23.8 Å². The molecule has 2 heterocycles. The number of aromatic nitrogens is 1. The van der Waals surface area contributed by atoms with Gasteiger partial charge in [0.25, 0.3) is 5.91 Å². The van der Waals surface area contributed by atoms with Gasteiger partial charge in [0, 0.05) is 19.1 Å². The maximum Gasteiger partial charge on any atom is 0.303 e. The van der Waals surface area contributed by atoms with Crippen LogP contribution in [-0.4, -0.2) is 36.2 Å². The van der Waals surface area contributed by atoms with Crippen LogP contribution in [0.5, 0.6) is 11.5 Å². The smallest absolute Gasteiger partial charge is 0.303 e. The Morgan fingerprint density at radius 1 is 1.32 bits per heavy atom. The lowest BCUT2D eigenvalue weighted by Gasteiger charge is -2.17. The molecule has 0 unspecified atom stereocenters. The van der Waals surface area contributed by atoms with Crippen LogP contribution in [0.3, 0.4) is 0 Å². The predicted octanol–water partition coefficient (Wildman–Crippen LogP) is 1.96. The molecule has 8 heteroatoms. The molecule has 0 spiro atoms. The number of esters is 1. The number of hydrogen-bond acceptors (Lipinski definition) is 7. The van der Waals surface area contributed by atoms with E-state index >= 15 is 0 Å². The monoisotopic (exact) mass is 322 g/mol. The molecule has 0 aliphatic carbocycles. The molecular formula is C14H14N2O5S. The summed E-state index contributed by atoms with van der Waals surface area (Å²) in [5.41, 5.74) is 0.713. The summed E-state index contributed by atoms with van der Waals surface area (Å²) < 4.78 is 16.7. The van der Waals surface area contributed by atoms with Crippen LogP contribution < -0.4 is 14.8 Å². The van der Waals surface area contributed by atoms with Gasteiger partial charge in [-0.05, 0) is 6.92 Å². The fraction of sp³-hybridized carbons (Fsp3) is 0.357. The average molecular weight is 322 g/mol. The number of benzene rings is 1. The zero-order valence-corrected chi connectivity index (χ0v) is 12.9. The second kappa shape index (κ2) is 5.80. The van der Waals surface area contributed by atoms with Gasteiger partial charge in [0.15, 0.2) is 22.7 Å². The molecule has 1 atom stereocenters. The number of nitrogens with one attached hydrogen (secondary N) is 1. The standard InChI is InChI=1S/C14H14N2O5S/c1-7(21-8(2)17)13(18)16-14-15-9-5-10-11(6-12(9)22-14)20-4-3-19-10/h5-7H,3-4H2,1-2H3,(H,15,16,18)/t7-/m1/s1. The summed E-state index contributed by atoms with van der Waals surface area (Å²) in [6.07, 6.45) is -0.871. The van der Waals surface area contributed by atoms with E-state index < -0.39 is 18.0 Å². The number of hydrogen-bond donors (Lipinski definition) is 1. The van der Waals surface area contributed by atoms with Crippen LogP contribution >= 0.6 is 11.3 Å². The highest BCUT2D eigenvalue weighted by Gasteiger charge is 2.19. The Hall–Kier alpha value is -2.35. The van der Waals surface area contributed by atoms with Crippen LogP contribution in [0.15, 0.2) is 12.1 Å². The summed E-state index contributed by atoms with van der Waals surface area (Å²) in [5, 5.41) is 3.07. The number of fused-ring (bicyclic) bond motifs is 2. The van der Waals surface area contributed by atoms with Gasteiger partial charge < -0.3 is 14.2 Å². The predicted molar refractivity (Wildman–Crippen MR) is 80.5 cm³/mol. The topological polar surface area (TPSA) is 86.8 Å². The van der Waals surface area contributed by atoms with E-state index in [1.165, 1.54) is 25.2 Å². The van der Waals surface area contributed by atoms with E-state index in [4.69, 9.17) is 14.2 Å². The van der Waals surface area contributed by atoms with Crippen molar-refractivity contribution in [2.75, 3.05) is 18.5 Å². The molecule has 0 bridgehead atoms. The third-order valence-electron chi connectivity index (χ3n) is 2.99. The van der Waals surface area contributed by atoms with E-state index in [1.54, 1.807) is 6.07 Å². The summed E-state index contributed by atoms with van der Waals surface area (Å²) in [6, 6.07) is 3.62. The maximum absolute atomic E-state index is 11.9. The Balaban J connectivity index is 1.80. The molecule has 1 amide bonds. The van der Waals surface area contributed by atoms with Gasteiger partial charge >= 0.3 is 5.97 Å². The van der Waals surface area contributed by atoms with Crippen LogP contribution in [0.1, 0.15) is 13.8 Å². The van der Waals surface area contributed by atoms with Gasteiger partial charge in [-0.1, -0.05) is 11.3 Å². The van der Waals surface area contributed by atoms with Crippen molar-refractivity contribution in [2.45, 2.75) is 20.0 Å². The fourth-order valence-corrected chi connectivity index (χ4v) is 2.91. The quantitative estimate of drug-likeness (QED) is 0.869. The van der Waals surface area contributed by atoms with Crippen molar-refractivity contribution in [3.8, 4) is 11.5 Å². The zero-order chi connectivity index (χ0) is 15.7. The SMILES string of the molecule is CC(=O)O[C@H](C)C(=O)Nc1nc2cc3c(cc2s1)OCCO3. The van der Waals surface area contributed by atoms with E-state index in [0.717, 1.165) is 4.70 Å². The molecule has 1 N–H and O–H groups in total. The lowest BCUT2D eigenvalue weighted by molar-refractivity contribution is -0.150. The van der Waals surface area contributed by atoms with Gasteiger partial charge in [0.05, 0.1) is 10.2 Å². The molecule has 2 aromatic rings. The van der Waals surface area contributed by atoms with E-state index in [9.17, 15) is 9.59 Å². The normalized spacial score (nSPS) is 14.5. The fourth-order valence-electron chi connectivity index (χ4n) is 2.03. The van der Waals surface area contributed by atoms with E-state index in [0.29, 0.717) is 35.4 Å². The van der Waals surface area contributed by atoms with Gasteiger partial charge in [-0.3, -0.25) is 14.9 Å². The molecule has 0 saturated carbocycles. The highest BCUT2D eigenvalue weighted by Crippen LogP contribution is 2.37. The first-order chi connectivity index (χ1) is 10.5. The molecule has 0 radical (unpaired) electrons. The Labute approximate surface area is 130 Å². The molecule has 0 fully saturated rings. The van der Waals surface area contributed by atoms with Crippen LogP contribution in [-0.2, 0) is 14.3 Å². The number of rotatable bonds is 3. The number of thiazole rings is 1. The van der Waals surface area contributed by atoms with Crippen molar-refractivity contribution >= 4 is 38.6 Å². The number of carbonyl (C=O) groups is 2. The number of nitrogens with zero attached hydrogens (tertiary/aromatic N) is 1. The molecule has 116 valence electrons. The van der Waals surface area contributed by atoms with Crippen LogP contribution in [0, 0.1) is 0 Å². The lowest BCUT2D eigenvalue weighted by Crippen LogP contribution is -2.29. The van der Waals surface area contributed by atoms with E-state index in [1.807, 2.05) is 6.07 Å². The molecule has 3 rings (SSSR count). The van der Waals surface area contributed by atoms with Crippen molar-refractivity contribution in [3.63, 3.8) is 0 Å². The molecule has 1 aromatic carbocycles. The first kappa shape index (κ1) is 14.6. The molecule has 1 aliphatic heterocycles. The highest BCUT2D eigenvalue weighted by atomic mass is 32.1. The first-order valence-corrected chi connectivity index (χ1v) is 7.53. The second-order valence-corrected chi connectivity index (χ2v) is 5.75. The lowest BCUT2D eigenvalue weighted by atomic mass is 10.3. The summed E-state index contributed by atoms with van der Waals surface area (Å²) >= 11 is 1.32. The average Bonchev–Trinajstić information content (AvgIpc) is 2.84. The minimum Gasteiger partial charge on any atom is -0.486 e. The van der Waals surface area contributed by atoms with Crippen LogP contribution in [0.2, 0.25) is 0 Å². The third kappa shape index (κ3) is 2.96. The van der Waals surface area contributed by atoms with Crippen LogP contribution in [0.4, 0.5) is 5.13 Å². The highest BCUT2D eigenvalue weighted by molar-refractivity contribution is 7.22. The Kier molecular flexibility index (Phi) is 3.84. The first-order valence-electron chi connectivity index (χ1n) is 6.71. The summed E-state index contributed by atoms with van der Waals surface area (Å²) in [4.78, 5) is 27.1. The van der Waals surface area contributed by atoms with E-state index in [-0.39, 0.29) is 0 Å². The molecule has 22 heavy (non-hydrogen) atoms. The summed E-state index contributed by atoms with van der Waals surface area (Å²) in [7, 11) is 0. The minimum absolute atomic E-state index is 0.425. The number of anilines is 1. The zero-order valence-electron chi connectivity index (χ0n) is 12.0. The molecule has 1 aliphatic rings. The van der Waals surface area contributed by atoms with Gasteiger partial charge in [-0.25, -0.2) is 4.98 Å². The van der Waals surface area contributed by atoms with E-state index in [2.05, 4.69) is 10.3 Å². The van der Waals surface area contributed by atoms with Crippen molar-refractivity contribution in [2.24, 2.45) is 0 Å². The Morgan fingerprint density at radius 2 is 2.00 bits per heavy atom. The van der Waals surface area contributed by atoms with Gasteiger partial charge in [-0.15, -0.1) is 0 Å². The summed E-state index contributed by atoms with van der Waals surface area (Å²) in [6.45, 7) is 3.78. The maximum atomic E-state index is 11.9. The van der Waals surface area contributed by atoms with Gasteiger partial charge in [0.1, 0.15) is 13.2 Å². The number of amides is 1. The third-order valence-corrected chi connectivity index (χ3v) is 3.93. The van der Waals surface area contributed by atoms with Crippen molar-refractivity contribution in [1.29, 1.82) is 0 Å². The minimum atomic E-state index is -0.871. The second-order valence-electron chi connectivity index (χ2n) is 4.72. The Morgan fingerprint density at radius 3 is 2.68 bits per heavy atom. The number of ether oxygens (including phenoxy) is 3. The number of carbonyl (C=O) groups excluding carboxylic acids is 2. The molecule has 7 nitrogen and oxygen atoms in total. The molecule has 1 aromatic heterocycles. The van der Waals surface area contributed by atoms with Gasteiger partial charge in [-0.2, -0.15) is 0 Å². The molecule has 0 saturated heterocycles. The van der Waals surface area contributed by atoms with Gasteiger partial charge in [0.2, 0.25) is 0 Å². The van der Waals surface area contributed by atoms with Crippen LogP contribution in [0.25, 0.3) is 10.2 Å². The summed E-state index contributed by atoms with van der Waals surface area (Å²) in [5.74, 6) is 0.393. The largest absolute Gasteiger partial charge is 0.486 e. The molecular weight excluding hydrogens is 308 g/mol. The van der Waals surface area contributed by atoms with Crippen molar-refractivity contribution in [1.82, 2.24) is 4.98 Å². The van der Waals surface area contributed by atoms with Crippen molar-refractivity contribution in [3.05, 3.63) is 12.1 Å².